The van der Waals surface area contributed by atoms with E-state index in [-0.39, 0.29) is 28.0 Å². The Morgan fingerprint density at radius 2 is 2.00 bits per heavy atom. The Hall–Kier alpha value is -1.48. The molecular formula is C12H12BrFN2O4S. The highest BCUT2D eigenvalue weighted by Gasteiger charge is 2.33. The summed E-state index contributed by atoms with van der Waals surface area (Å²) in [7, 11) is -3.17. The van der Waals surface area contributed by atoms with Gasteiger partial charge >= 0.3 is 0 Å². The van der Waals surface area contributed by atoms with Crippen LogP contribution in [0.1, 0.15) is 16.8 Å². The molecule has 2 rings (SSSR count). The topological polar surface area (TPSA) is 92.3 Å². The molecule has 1 aromatic rings. The molecule has 0 bridgehead atoms. The van der Waals surface area contributed by atoms with Gasteiger partial charge in [-0.3, -0.25) is 20.4 Å². The van der Waals surface area contributed by atoms with Crippen LogP contribution in [-0.2, 0) is 14.6 Å². The average Bonchev–Trinajstić information content (AvgIpc) is 2.76. The third-order valence-electron chi connectivity index (χ3n) is 3.08. The van der Waals surface area contributed by atoms with Gasteiger partial charge in [-0.2, -0.15) is 0 Å². The van der Waals surface area contributed by atoms with Crippen LogP contribution in [0.15, 0.2) is 22.7 Å². The van der Waals surface area contributed by atoms with Crippen LogP contribution < -0.4 is 10.9 Å². The van der Waals surface area contributed by atoms with Gasteiger partial charge in [0.2, 0.25) is 5.91 Å². The molecule has 0 spiro atoms. The number of sulfone groups is 1. The van der Waals surface area contributed by atoms with E-state index < -0.39 is 33.4 Å². The molecule has 1 fully saturated rings. The maximum absolute atomic E-state index is 12.9. The van der Waals surface area contributed by atoms with Crippen LogP contribution in [0, 0.1) is 11.7 Å². The summed E-state index contributed by atoms with van der Waals surface area (Å²) in [6.07, 6.45) is 0.240. The Kier molecular flexibility index (Phi) is 4.62. The molecule has 6 nitrogen and oxygen atoms in total. The standard InChI is InChI=1S/C12H12BrFN2O4S/c13-10-5-8(14)1-2-9(10)12(18)16-15-11(17)7-3-4-21(19,20)6-7/h1-2,5,7H,3-4,6H2,(H,15,17)(H,16,18)/t7-/m0/s1. The van der Waals surface area contributed by atoms with Crippen molar-refractivity contribution in [2.45, 2.75) is 6.42 Å². The molecule has 2 amide bonds. The summed E-state index contributed by atoms with van der Waals surface area (Å²) in [4.78, 5) is 23.6. The first-order valence-corrected chi connectivity index (χ1v) is 8.65. The Morgan fingerprint density at radius 1 is 1.29 bits per heavy atom. The van der Waals surface area contributed by atoms with Crippen molar-refractivity contribution in [1.29, 1.82) is 0 Å². The van der Waals surface area contributed by atoms with E-state index in [2.05, 4.69) is 26.8 Å². The summed E-state index contributed by atoms with van der Waals surface area (Å²) in [5, 5.41) is 0. The highest BCUT2D eigenvalue weighted by atomic mass is 79.9. The smallest absolute Gasteiger partial charge is 0.270 e. The monoisotopic (exact) mass is 378 g/mol. The van der Waals surface area contributed by atoms with E-state index in [1.165, 1.54) is 6.07 Å². The molecule has 2 N–H and O–H groups in total. The number of hydrazine groups is 1. The number of carbonyl (C=O) groups is 2. The number of hydrogen-bond donors (Lipinski definition) is 2. The number of benzene rings is 1. The Balaban J connectivity index is 1.94. The maximum Gasteiger partial charge on any atom is 0.270 e. The molecule has 1 heterocycles. The van der Waals surface area contributed by atoms with Gasteiger partial charge in [-0.15, -0.1) is 0 Å². The highest BCUT2D eigenvalue weighted by Crippen LogP contribution is 2.19. The van der Waals surface area contributed by atoms with E-state index >= 15 is 0 Å². The SMILES string of the molecule is O=C(NNC(=O)[C@H]1CCS(=O)(=O)C1)c1ccc(F)cc1Br. The van der Waals surface area contributed by atoms with Crippen LogP contribution in [0.4, 0.5) is 4.39 Å². The summed E-state index contributed by atoms with van der Waals surface area (Å²) in [5.74, 6) is -2.58. The van der Waals surface area contributed by atoms with E-state index in [1.54, 1.807) is 0 Å². The second-order valence-corrected chi connectivity index (χ2v) is 7.75. The number of nitrogens with one attached hydrogen (secondary N) is 2. The van der Waals surface area contributed by atoms with Crippen molar-refractivity contribution in [1.82, 2.24) is 10.9 Å². The molecule has 1 aromatic carbocycles. The zero-order chi connectivity index (χ0) is 15.6. The predicted molar refractivity (Wildman–Crippen MR) is 76.5 cm³/mol. The first-order valence-electron chi connectivity index (χ1n) is 6.04. The van der Waals surface area contributed by atoms with Crippen LogP contribution in [0.2, 0.25) is 0 Å². The molecule has 9 heteroatoms. The minimum absolute atomic E-state index is 0.0253. The third kappa shape index (κ3) is 4.01. The minimum Gasteiger partial charge on any atom is -0.273 e. The fraction of sp³-hybridized carbons (Fsp3) is 0.333. The summed E-state index contributed by atoms with van der Waals surface area (Å²) < 4.78 is 35.7. The molecule has 0 aromatic heterocycles. The van der Waals surface area contributed by atoms with E-state index in [0.717, 1.165) is 12.1 Å². The van der Waals surface area contributed by atoms with Crippen LogP contribution in [0.25, 0.3) is 0 Å². The Labute approximate surface area is 129 Å². The number of rotatable bonds is 2. The molecule has 21 heavy (non-hydrogen) atoms. The van der Waals surface area contributed by atoms with E-state index in [0.29, 0.717) is 0 Å². The zero-order valence-electron chi connectivity index (χ0n) is 10.7. The molecule has 0 unspecified atom stereocenters. The molecule has 0 saturated carbocycles. The van der Waals surface area contributed by atoms with E-state index in [9.17, 15) is 22.4 Å². The molecule has 0 radical (unpaired) electrons. The lowest BCUT2D eigenvalue weighted by atomic mass is 10.1. The lowest BCUT2D eigenvalue weighted by Gasteiger charge is -2.11. The van der Waals surface area contributed by atoms with Crippen LogP contribution in [0.3, 0.4) is 0 Å². The molecule has 114 valence electrons. The van der Waals surface area contributed by atoms with Crippen molar-refractivity contribution < 1.29 is 22.4 Å². The van der Waals surface area contributed by atoms with Gasteiger partial charge in [-0.25, -0.2) is 12.8 Å². The van der Waals surface area contributed by atoms with Gasteiger partial charge < -0.3 is 0 Å². The molecule has 1 aliphatic heterocycles. The summed E-state index contributed by atoms with van der Waals surface area (Å²) in [6.45, 7) is 0. The molecular weight excluding hydrogens is 367 g/mol. The summed E-state index contributed by atoms with van der Waals surface area (Å²) in [6, 6.07) is 3.51. The van der Waals surface area contributed by atoms with Crippen molar-refractivity contribution in [3.63, 3.8) is 0 Å². The zero-order valence-corrected chi connectivity index (χ0v) is 13.1. The first-order chi connectivity index (χ1) is 9.78. The van der Waals surface area contributed by atoms with E-state index in [1.807, 2.05) is 0 Å². The third-order valence-corrected chi connectivity index (χ3v) is 5.50. The Bertz CT molecular complexity index is 692. The van der Waals surface area contributed by atoms with Crippen molar-refractivity contribution in [3.05, 3.63) is 34.1 Å². The number of amides is 2. The second kappa shape index (κ2) is 6.10. The fourth-order valence-electron chi connectivity index (χ4n) is 1.96. The molecule has 1 saturated heterocycles. The normalized spacial score (nSPS) is 20.0. The molecule has 0 aliphatic carbocycles. The van der Waals surface area contributed by atoms with Crippen molar-refractivity contribution in [2.24, 2.45) is 5.92 Å². The summed E-state index contributed by atoms with van der Waals surface area (Å²) in [5.41, 5.74) is 4.51. The fourth-order valence-corrected chi connectivity index (χ4v) is 4.24. The van der Waals surface area contributed by atoms with E-state index in [4.69, 9.17) is 0 Å². The molecule has 1 atom stereocenters. The van der Waals surface area contributed by atoms with Gasteiger partial charge in [0, 0.05) is 4.47 Å². The van der Waals surface area contributed by atoms with Gasteiger partial charge in [0.1, 0.15) is 5.82 Å². The first kappa shape index (κ1) is 15.9. The minimum atomic E-state index is -3.17. The highest BCUT2D eigenvalue weighted by molar-refractivity contribution is 9.10. The van der Waals surface area contributed by atoms with Gasteiger partial charge in [-0.05, 0) is 40.5 Å². The number of carbonyl (C=O) groups excluding carboxylic acids is 2. The number of halogens is 2. The van der Waals surface area contributed by atoms with Crippen LogP contribution in [0.5, 0.6) is 0 Å². The maximum atomic E-state index is 12.9. The van der Waals surface area contributed by atoms with Gasteiger partial charge in [0.05, 0.1) is 23.0 Å². The largest absolute Gasteiger partial charge is 0.273 e. The molecule has 1 aliphatic rings. The van der Waals surface area contributed by atoms with Crippen molar-refractivity contribution >= 4 is 37.6 Å². The van der Waals surface area contributed by atoms with Gasteiger partial charge in [-0.1, -0.05) is 0 Å². The average molecular weight is 379 g/mol. The lowest BCUT2D eigenvalue weighted by Crippen LogP contribution is -2.45. The predicted octanol–water partition coefficient (Wildman–Crippen LogP) is 0.784. The van der Waals surface area contributed by atoms with Crippen molar-refractivity contribution in [3.8, 4) is 0 Å². The lowest BCUT2D eigenvalue weighted by molar-refractivity contribution is -0.125. The number of hydrogen-bond acceptors (Lipinski definition) is 4. The van der Waals surface area contributed by atoms with Gasteiger partial charge in [0.25, 0.3) is 5.91 Å². The van der Waals surface area contributed by atoms with Gasteiger partial charge in [0.15, 0.2) is 9.84 Å². The van der Waals surface area contributed by atoms with Crippen LogP contribution in [-0.4, -0.2) is 31.7 Å². The van der Waals surface area contributed by atoms with Crippen LogP contribution >= 0.6 is 15.9 Å². The Morgan fingerprint density at radius 3 is 2.57 bits per heavy atom. The second-order valence-electron chi connectivity index (χ2n) is 4.67. The van der Waals surface area contributed by atoms with Crippen molar-refractivity contribution in [2.75, 3.05) is 11.5 Å². The summed E-state index contributed by atoms with van der Waals surface area (Å²) >= 11 is 3.04. The quantitative estimate of drug-likeness (QED) is 0.743.